The molecule has 1 saturated carbocycles. The predicted molar refractivity (Wildman–Crippen MR) is 38.5 cm³/mol. The maximum atomic E-state index is 12.2. The van der Waals surface area contributed by atoms with E-state index in [2.05, 4.69) is 0 Å². The van der Waals surface area contributed by atoms with Crippen molar-refractivity contribution in [3.05, 3.63) is 16.5 Å². The molecule has 0 aromatic rings. The van der Waals surface area contributed by atoms with Crippen LogP contribution in [0.2, 0.25) is 0 Å². The van der Waals surface area contributed by atoms with E-state index in [1.165, 1.54) is 0 Å². The number of hydrogen-bond acceptors (Lipinski definition) is 2. The van der Waals surface area contributed by atoms with Gasteiger partial charge in [-0.1, -0.05) is 0 Å². The Labute approximate surface area is 73.1 Å². The lowest BCUT2D eigenvalue weighted by molar-refractivity contribution is -0.543. The van der Waals surface area contributed by atoms with Crippen LogP contribution in [0.25, 0.3) is 0 Å². The first-order chi connectivity index (χ1) is 5.93. The zero-order chi connectivity index (χ0) is 10.1. The molecule has 0 aromatic carbocycles. The first-order valence-electron chi connectivity index (χ1n) is 3.95. The molecule has 0 N–H and O–H groups in total. The van der Waals surface area contributed by atoms with Crippen molar-refractivity contribution in [1.82, 2.24) is 0 Å². The highest BCUT2D eigenvalue weighted by Gasteiger charge is 2.51. The highest BCUT2D eigenvalue weighted by molar-refractivity contribution is 4.87. The van der Waals surface area contributed by atoms with Crippen molar-refractivity contribution >= 4 is 0 Å². The Morgan fingerprint density at radius 3 is 2.46 bits per heavy atom. The van der Waals surface area contributed by atoms with Crippen LogP contribution in [0.4, 0.5) is 13.2 Å². The second kappa shape index (κ2) is 3.51. The number of alkyl halides is 3. The molecular weight excluding hydrogens is 187 g/mol. The van der Waals surface area contributed by atoms with Gasteiger partial charge in [0, 0.05) is 11.3 Å². The van der Waals surface area contributed by atoms with Crippen molar-refractivity contribution in [2.24, 2.45) is 5.92 Å². The van der Waals surface area contributed by atoms with Crippen LogP contribution < -0.4 is 0 Å². The molecule has 0 bridgehead atoms. The first-order valence-corrected chi connectivity index (χ1v) is 3.95. The molecule has 1 radical (unpaired) electrons. The third-order valence-corrected chi connectivity index (χ3v) is 2.25. The molecule has 1 aliphatic rings. The summed E-state index contributed by atoms with van der Waals surface area (Å²) < 4.78 is 36.7. The molecule has 13 heavy (non-hydrogen) atoms. The summed E-state index contributed by atoms with van der Waals surface area (Å²) in [5, 5.41) is 10.3. The summed E-state index contributed by atoms with van der Waals surface area (Å²) in [6, 6.07) is -1.48. The highest BCUT2D eigenvalue weighted by Crippen LogP contribution is 2.38. The molecule has 0 aliphatic heterocycles. The molecule has 2 unspecified atom stereocenters. The normalized spacial score (nSPS) is 30.1. The topological polar surface area (TPSA) is 43.1 Å². The van der Waals surface area contributed by atoms with Gasteiger partial charge in [0.1, 0.15) is 5.92 Å². The smallest absolute Gasteiger partial charge is 0.264 e. The van der Waals surface area contributed by atoms with Gasteiger partial charge in [0.2, 0.25) is 6.04 Å². The van der Waals surface area contributed by atoms with Crippen LogP contribution in [0.3, 0.4) is 0 Å². The summed E-state index contributed by atoms with van der Waals surface area (Å²) in [5.74, 6) is -1.77. The average Bonchev–Trinajstić information content (AvgIpc) is 2.03. The number of rotatable bonds is 1. The van der Waals surface area contributed by atoms with Crippen LogP contribution in [0, 0.1) is 22.5 Å². The van der Waals surface area contributed by atoms with Crippen molar-refractivity contribution in [3.63, 3.8) is 0 Å². The van der Waals surface area contributed by atoms with Crippen LogP contribution in [-0.2, 0) is 0 Å². The zero-order valence-corrected chi connectivity index (χ0v) is 6.75. The number of nitrogens with zero attached hydrogens (tertiary/aromatic N) is 1. The van der Waals surface area contributed by atoms with Crippen LogP contribution >= 0.6 is 0 Å². The van der Waals surface area contributed by atoms with E-state index < -0.39 is 23.1 Å². The molecule has 0 heterocycles. The Morgan fingerprint density at radius 2 is 2.08 bits per heavy atom. The summed E-state index contributed by atoms with van der Waals surface area (Å²) in [6.45, 7) is 0. The second-order valence-corrected chi connectivity index (χ2v) is 3.10. The Morgan fingerprint density at radius 1 is 1.46 bits per heavy atom. The van der Waals surface area contributed by atoms with Crippen molar-refractivity contribution < 1.29 is 18.1 Å². The molecule has 3 nitrogen and oxygen atoms in total. The van der Waals surface area contributed by atoms with Gasteiger partial charge in [-0.25, -0.2) is 0 Å². The zero-order valence-electron chi connectivity index (χ0n) is 6.75. The fourth-order valence-electron chi connectivity index (χ4n) is 1.56. The van der Waals surface area contributed by atoms with Crippen molar-refractivity contribution in [2.45, 2.75) is 31.5 Å². The molecule has 75 valence electrons. The van der Waals surface area contributed by atoms with Gasteiger partial charge in [-0.15, -0.1) is 0 Å². The lowest BCUT2D eigenvalue weighted by atomic mass is 9.84. The fourth-order valence-corrected chi connectivity index (χ4v) is 1.56. The van der Waals surface area contributed by atoms with Gasteiger partial charge in [0.15, 0.2) is 0 Å². The van der Waals surface area contributed by atoms with E-state index in [9.17, 15) is 23.3 Å². The van der Waals surface area contributed by atoms with E-state index in [1.807, 2.05) is 0 Å². The van der Waals surface area contributed by atoms with Gasteiger partial charge in [-0.2, -0.15) is 13.2 Å². The Bertz CT molecular complexity index is 204. The largest absolute Gasteiger partial charge is 0.398 e. The average molecular weight is 196 g/mol. The van der Waals surface area contributed by atoms with E-state index in [0.717, 1.165) is 0 Å². The third-order valence-electron chi connectivity index (χ3n) is 2.25. The van der Waals surface area contributed by atoms with E-state index in [1.54, 1.807) is 6.42 Å². The standard InChI is InChI=1S/C7H9F3NO2/c8-7(9,10)5-3-1-2-4-6(5)11(12)13/h2,5-6H,1,3-4H2. The third kappa shape index (κ3) is 2.32. The maximum Gasteiger partial charge on any atom is 0.398 e. The number of hydrogen-bond donors (Lipinski definition) is 0. The molecule has 1 aliphatic carbocycles. The molecule has 0 spiro atoms. The minimum Gasteiger partial charge on any atom is -0.264 e. The van der Waals surface area contributed by atoms with Gasteiger partial charge >= 0.3 is 6.18 Å². The molecule has 1 fully saturated rings. The molecule has 0 aromatic heterocycles. The van der Waals surface area contributed by atoms with Crippen molar-refractivity contribution in [2.75, 3.05) is 0 Å². The maximum absolute atomic E-state index is 12.2. The van der Waals surface area contributed by atoms with E-state index in [-0.39, 0.29) is 12.8 Å². The molecular formula is C7H9F3NO2. The minimum atomic E-state index is -4.44. The Hall–Kier alpha value is -0.810. The van der Waals surface area contributed by atoms with E-state index in [0.29, 0.717) is 6.42 Å². The van der Waals surface area contributed by atoms with E-state index >= 15 is 0 Å². The second-order valence-electron chi connectivity index (χ2n) is 3.10. The lowest BCUT2D eigenvalue weighted by Crippen LogP contribution is -2.41. The Balaban J connectivity index is 2.73. The van der Waals surface area contributed by atoms with Gasteiger partial charge in [-0.05, 0) is 19.3 Å². The highest BCUT2D eigenvalue weighted by atomic mass is 19.4. The van der Waals surface area contributed by atoms with Crippen LogP contribution in [0.15, 0.2) is 0 Å². The molecule has 6 heteroatoms. The lowest BCUT2D eigenvalue weighted by Gasteiger charge is -2.26. The number of halogens is 3. The summed E-state index contributed by atoms with van der Waals surface area (Å²) in [6.07, 6.45) is -2.80. The minimum absolute atomic E-state index is 0.0722. The first kappa shape index (κ1) is 10.3. The fraction of sp³-hybridized carbons (Fsp3) is 0.857. The van der Waals surface area contributed by atoms with Gasteiger partial charge in [-0.3, -0.25) is 10.1 Å². The summed E-state index contributed by atoms with van der Waals surface area (Å²) in [5.41, 5.74) is 0. The number of nitro groups is 1. The predicted octanol–water partition coefficient (Wildman–Crippen LogP) is 2.20. The monoisotopic (exact) mass is 196 g/mol. The molecule has 1 rings (SSSR count). The van der Waals surface area contributed by atoms with E-state index in [4.69, 9.17) is 0 Å². The van der Waals surface area contributed by atoms with Gasteiger partial charge in [0.25, 0.3) is 0 Å². The van der Waals surface area contributed by atoms with Crippen LogP contribution in [0.1, 0.15) is 19.3 Å². The summed E-state index contributed by atoms with van der Waals surface area (Å²) in [7, 11) is 0. The SMILES string of the molecule is O=[N+]([O-])C1C[CH]CCC1C(F)(F)F. The van der Waals surface area contributed by atoms with Crippen LogP contribution in [0.5, 0.6) is 0 Å². The van der Waals surface area contributed by atoms with Crippen molar-refractivity contribution in [3.8, 4) is 0 Å². The molecule has 0 amide bonds. The molecule has 2 atom stereocenters. The van der Waals surface area contributed by atoms with Crippen LogP contribution in [-0.4, -0.2) is 17.1 Å². The van der Waals surface area contributed by atoms with Crippen molar-refractivity contribution in [1.29, 1.82) is 0 Å². The quantitative estimate of drug-likeness (QED) is 0.476. The summed E-state index contributed by atoms with van der Waals surface area (Å²) in [4.78, 5) is 9.47. The van der Waals surface area contributed by atoms with Gasteiger partial charge < -0.3 is 0 Å². The van der Waals surface area contributed by atoms with Gasteiger partial charge in [0.05, 0.1) is 0 Å². The Kier molecular flexibility index (Phi) is 2.77. The molecule has 0 saturated heterocycles. The summed E-state index contributed by atoms with van der Waals surface area (Å²) >= 11 is 0.